The number of methoxy groups -OCH3 is 1. The van der Waals surface area contributed by atoms with Crippen molar-refractivity contribution in [2.75, 3.05) is 7.11 Å². The maximum Gasteiger partial charge on any atom is 0.249 e. The zero-order valence-electron chi connectivity index (χ0n) is 11.2. The summed E-state index contributed by atoms with van der Waals surface area (Å²) in [6, 6.07) is 0.659. The first kappa shape index (κ1) is 15.7. The SMILES string of the molecule is COC(C)C(=O)NC1C2CCCC1CC(N)C2.Cl. The lowest BCUT2D eigenvalue weighted by Crippen LogP contribution is -2.55. The average Bonchev–Trinajstić information content (AvgIpc) is 2.29. The van der Waals surface area contributed by atoms with E-state index in [1.54, 1.807) is 14.0 Å². The molecule has 2 rings (SSSR count). The highest BCUT2D eigenvalue weighted by Gasteiger charge is 2.40. The van der Waals surface area contributed by atoms with Crippen molar-refractivity contribution in [1.82, 2.24) is 5.32 Å². The van der Waals surface area contributed by atoms with Crippen molar-refractivity contribution in [2.24, 2.45) is 17.6 Å². The summed E-state index contributed by atoms with van der Waals surface area (Å²) < 4.78 is 5.06. The molecule has 0 heterocycles. The van der Waals surface area contributed by atoms with Crippen LogP contribution < -0.4 is 11.1 Å². The molecule has 18 heavy (non-hydrogen) atoms. The van der Waals surface area contributed by atoms with Crippen molar-refractivity contribution in [3.8, 4) is 0 Å². The van der Waals surface area contributed by atoms with Crippen LogP contribution in [-0.2, 0) is 9.53 Å². The van der Waals surface area contributed by atoms with Crippen LogP contribution in [-0.4, -0.2) is 31.2 Å². The minimum Gasteiger partial charge on any atom is -0.372 e. The quantitative estimate of drug-likeness (QED) is 0.820. The molecule has 0 aliphatic heterocycles. The fraction of sp³-hybridized carbons (Fsp3) is 0.923. The van der Waals surface area contributed by atoms with Gasteiger partial charge < -0.3 is 15.8 Å². The fourth-order valence-electron chi connectivity index (χ4n) is 3.41. The van der Waals surface area contributed by atoms with Gasteiger partial charge in [0.05, 0.1) is 0 Å². The molecule has 1 amide bonds. The second-order valence-electron chi connectivity index (χ2n) is 5.59. The maximum atomic E-state index is 11.9. The molecule has 5 heteroatoms. The Kier molecular flexibility index (Phi) is 5.89. The minimum atomic E-state index is -0.355. The van der Waals surface area contributed by atoms with Crippen molar-refractivity contribution in [1.29, 1.82) is 0 Å². The molecule has 0 radical (unpaired) electrons. The van der Waals surface area contributed by atoms with Gasteiger partial charge in [-0.2, -0.15) is 0 Å². The number of nitrogens with two attached hydrogens (primary N) is 1. The van der Waals surface area contributed by atoms with Gasteiger partial charge in [0, 0.05) is 19.2 Å². The molecule has 2 saturated carbocycles. The Bertz CT molecular complexity index is 274. The van der Waals surface area contributed by atoms with E-state index in [1.807, 2.05) is 0 Å². The van der Waals surface area contributed by atoms with E-state index >= 15 is 0 Å². The summed E-state index contributed by atoms with van der Waals surface area (Å²) in [7, 11) is 1.57. The lowest BCUT2D eigenvalue weighted by Gasteiger charge is -2.45. The molecule has 3 atom stereocenters. The second kappa shape index (κ2) is 6.73. The van der Waals surface area contributed by atoms with E-state index in [1.165, 1.54) is 19.3 Å². The van der Waals surface area contributed by atoms with Gasteiger partial charge in [0.15, 0.2) is 0 Å². The van der Waals surface area contributed by atoms with Gasteiger partial charge in [0.2, 0.25) is 5.91 Å². The predicted molar refractivity (Wildman–Crippen MR) is 73.7 cm³/mol. The standard InChI is InChI=1S/C13H24N2O2.ClH/c1-8(17-2)13(16)15-12-9-4-3-5-10(12)7-11(14)6-9;/h8-12H,3-7,14H2,1-2H3,(H,15,16);1H. The molecule has 0 aromatic rings. The van der Waals surface area contributed by atoms with Gasteiger partial charge in [0.25, 0.3) is 0 Å². The topological polar surface area (TPSA) is 64.3 Å². The Morgan fingerprint density at radius 1 is 1.33 bits per heavy atom. The third kappa shape index (κ3) is 3.37. The van der Waals surface area contributed by atoms with Crippen molar-refractivity contribution < 1.29 is 9.53 Å². The summed E-state index contributed by atoms with van der Waals surface area (Å²) >= 11 is 0. The first-order chi connectivity index (χ1) is 8.11. The summed E-state index contributed by atoms with van der Waals surface area (Å²) in [5.41, 5.74) is 6.07. The third-order valence-corrected chi connectivity index (χ3v) is 4.41. The lowest BCUT2D eigenvalue weighted by atomic mass is 9.67. The van der Waals surface area contributed by atoms with Crippen LogP contribution in [0.2, 0.25) is 0 Å². The third-order valence-electron chi connectivity index (χ3n) is 4.41. The number of hydrogen-bond acceptors (Lipinski definition) is 3. The molecule has 0 aromatic heterocycles. The number of nitrogens with one attached hydrogen (secondary N) is 1. The zero-order valence-corrected chi connectivity index (χ0v) is 12.0. The number of amides is 1. The Morgan fingerprint density at radius 2 is 1.89 bits per heavy atom. The molecule has 0 saturated heterocycles. The van der Waals surface area contributed by atoms with E-state index in [9.17, 15) is 4.79 Å². The summed E-state index contributed by atoms with van der Waals surface area (Å²) in [6.45, 7) is 1.79. The normalized spacial score (nSPS) is 36.4. The van der Waals surface area contributed by atoms with Crippen LogP contribution in [0.15, 0.2) is 0 Å². The number of halogens is 1. The smallest absolute Gasteiger partial charge is 0.249 e. The Morgan fingerprint density at radius 3 is 2.39 bits per heavy atom. The highest BCUT2D eigenvalue weighted by molar-refractivity contribution is 5.85. The second-order valence-corrected chi connectivity index (χ2v) is 5.59. The first-order valence-electron chi connectivity index (χ1n) is 6.70. The largest absolute Gasteiger partial charge is 0.372 e. The zero-order chi connectivity index (χ0) is 12.4. The molecule has 106 valence electrons. The number of carbonyl (C=O) groups excluding carboxylic acids is 1. The average molecular weight is 277 g/mol. The van der Waals surface area contributed by atoms with Gasteiger partial charge in [0.1, 0.15) is 6.10 Å². The maximum absolute atomic E-state index is 11.9. The molecule has 2 bridgehead atoms. The van der Waals surface area contributed by atoms with Gasteiger partial charge >= 0.3 is 0 Å². The van der Waals surface area contributed by atoms with Crippen LogP contribution in [0.3, 0.4) is 0 Å². The van der Waals surface area contributed by atoms with E-state index in [0.29, 0.717) is 23.9 Å². The van der Waals surface area contributed by atoms with Crippen molar-refractivity contribution in [3.05, 3.63) is 0 Å². The highest BCUT2D eigenvalue weighted by atomic mass is 35.5. The number of carbonyl (C=O) groups is 1. The van der Waals surface area contributed by atoms with Gasteiger partial charge in [-0.15, -0.1) is 12.4 Å². The summed E-state index contributed by atoms with van der Waals surface area (Å²) in [4.78, 5) is 11.9. The molecular formula is C13H25ClN2O2. The van der Waals surface area contributed by atoms with E-state index in [0.717, 1.165) is 12.8 Å². The lowest BCUT2D eigenvalue weighted by molar-refractivity contribution is -0.132. The minimum absolute atomic E-state index is 0. The van der Waals surface area contributed by atoms with Crippen molar-refractivity contribution in [2.45, 2.75) is 57.2 Å². The van der Waals surface area contributed by atoms with Crippen LogP contribution >= 0.6 is 12.4 Å². The first-order valence-corrected chi connectivity index (χ1v) is 6.70. The van der Waals surface area contributed by atoms with Gasteiger partial charge in [-0.1, -0.05) is 6.42 Å². The van der Waals surface area contributed by atoms with Crippen LogP contribution in [0.4, 0.5) is 0 Å². The number of ether oxygens (including phenoxy) is 1. The van der Waals surface area contributed by atoms with Gasteiger partial charge in [-0.3, -0.25) is 4.79 Å². The number of fused-ring (bicyclic) bond motifs is 2. The molecular weight excluding hydrogens is 252 g/mol. The van der Waals surface area contributed by atoms with E-state index in [4.69, 9.17) is 10.5 Å². The summed E-state index contributed by atoms with van der Waals surface area (Å²) in [6.07, 6.45) is 5.46. The van der Waals surface area contributed by atoms with Crippen LogP contribution in [0.25, 0.3) is 0 Å². The van der Waals surface area contributed by atoms with Gasteiger partial charge in [-0.25, -0.2) is 0 Å². The molecule has 4 nitrogen and oxygen atoms in total. The molecule has 3 unspecified atom stereocenters. The number of rotatable bonds is 3. The van der Waals surface area contributed by atoms with Gasteiger partial charge in [-0.05, 0) is 44.4 Å². The molecule has 0 aromatic carbocycles. The molecule has 2 aliphatic carbocycles. The van der Waals surface area contributed by atoms with Crippen molar-refractivity contribution in [3.63, 3.8) is 0 Å². The predicted octanol–water partition coefficient (Wildman–Crippen LogP) is 1.47. The van der Waals surface area contributed by atoms with E-state index in [2.05, 4.69) is 5.32 Å². The molecule has 0 spiro atoms. The number of hydrogen-bond donors (Lipinski definition) is 2. The van der Waals surface area contributed by atoms with Crippen LogP contribution in [0.5, 0.6) is 0 Å². The van der Waals surface area contributed by atoms with Crippen LogP contribution in [0, 0.1) is 11.8 Å². The Labute approximate surface area is 115 Å². The molecule has 2 aliphatic rings. The molecule has 2 fully saturated rings. The van der Waals surface area contributed by atoms with Crippen molar-refractivity contribution >= 4 is 18.3 Å². The summed E-state index contributed by atoms with van der Waals surface area (Å²) in [5.74, 6) is 1.17. The summed E-state index contributed by atoms with van der Waals surface area (Å²) in [5, 5.41) is 3.17. The van der Waals surface area contributed by atoms with Crippen LogP contribution in [0.1, 0.15) is 39.0 Å². The monoisotopic (exact) mass is 276 g/mol. The fourth-order valence-corrected chi connectivity index (χ4v) is 3.41. The highest BCUT2D eigenvalue weighted by Crippen LogP contribution is 2.39. The molecule has 3 N–H and O–H groups in total. The Hall–Kier alpha value is -0.320. The van der Waals surface area contributed by atoms with E-state index < -0.39 is 0 Å². The Balaban J connectivity index is 0.00000162. The van der Waals surface area contributed by atoms with E-state index in [-0.39, 0.29) is 24.4 Å².